The van der Waals surface area contributed by atoms with E-state index < -0.39 is 0 Å². The molecule has 144 valence electrons. The Hall–Kier alpha value is -3.51. The van der Waals surface area contributed by atoms with Gasteiger partial charge in [0.2, 0.25) is 0 Å². The molecule has 3 heterocycles. The Morgan fingerprint density at radius 2 is 1.93 bits per heavy atom. The Labute approximate surface area is 167 Å². The summed E-state index contributed by atoms with van der Waals surface area (Å²) >= 11 is 0. The molecule has 3 aromatic heterocycles. The van der Waals surface area contributed by atoms with Gasteiger partial charge in [0.05, 0.1) is 16.6 Å². The van der Waals surface area contributed by atoms with E-state index in [4.69, 9.17) is 10.1 Å². The molecule has 0 spiro atoms. The lowest BCUT2D eigenvalue weighted by Gasteiger charge is -2.11. The third-order valence-corrected chi connectivity index (χ3v) is 5.41. The first kappa shape index (κ1) is 17.6. The van der Waals surface area contributed by atoms with Gasteiger partial charge in [-0.3, -0.25) is 10.1 Å². The molecule has 29 heavy (non-hydrogen) atoms. The van der Waals surface area contributed by atoms with Crippen LogP contribution in [-0.2, 0) is 6.42 Å². The van der Waals surface area contributed by atoms with Crippen LogP contribution < -0.4 is 0 Å². The minimum atomic E-state index is 0.186. The van der Waals surface area contributed by atoms with Gasteiger partial charge in [-0.25, -0.2) is 4.98 Å². The Bertz CT molecular complexity index is 1280. The summed E-state index contributed by atoms with van der Waals surface area (Å²) in [6.45, 7) is 2.30. The number of nitrogens with zero attached hydrogens (tertiary/aromatic N) is 3. The molecule has 0 aliphatic rings. The van der Waals surface area contributed by atoms with Gasteiger partial charge in [0.25, 0.3) is 0 Å². The first-order chi connectivity index (χ1) is 14.2. The molecule has 6 heteroatoms. The zero-order chi connectivity index (χ0) is 19.8. The maximum Gasteiger partial charge on any atom is 0.159 e. The van der Waals surface area contributed by atoms with E-state index in [1.165, 1.54) is 11.1 Å². The van der Waals surface area contributed by atoms with Gasteiger partial charge in [-0.15, -0.1) is 0 Å². The maximum absolute atomic E-state index is 9.15. The summed E-state index contributed by atoms with van der Waals surface area (Å²) in [6, 6.07) is 14.2. The number of aryl methyl sites for hydroxylation is 1. The highest BCUT2D eigenvalue weighted by molar-refractivity contribution is 5.95. The second-order valence-electron chi connectivity index (χ2n) is 7.23. The summed E-state index contributed by atoms with van der Waals surface area (Å²) in [6.07, 6.45) is 5.36. The molecule has 5 rings (SSSR count). The Kier molecular flexibility index (Phi) is 4.33. The number of aromatic nitrogens is 5. The van der Waals surface area contributed by atoms with Gasteiger partial charge in [0, 0.05) is 30.0 Å². The first-order valence-electron chi connectivity index (χ1n) is 9.72. The molecule has 3 N–H and O–H groups in total. The number of H-pyrrole nitrogens is 2. The summed E-state index contributed by atoms with van der Waals surface area (Å²) in [4.78, 5) is 12.5. The van der Waals surface area contributed by atoms with Gasteiger partial charge < -0.3 is 10.1 Å². The van der Waals surface area contributed by atoms with Crippen LogP contribution in [0.4, 0.5) is 0 Å². The van der Waals surface area contributed by atoms with Crippen molar-refractivity contribution in [3.05, 3.63) is 66.0 Å². The van der Waals surface area contributed by atoms with Gasteiger partial charge in [0.1, 0.15) is 5.69 Å². The van der Waals surface area contributed by atoms with Gasteiger partial charge in [0.15, 0.2) is 5.82 Å². The number of para-hydroxylation sites is 2. The van der Waals surface area contributed by atoms with Gasteiger partial charge in [-0.05, 0) is 60.7 Å². The van der Waals surface area contributed by atoms with Crippen molar-refractivity contribution in [2.45, 2.75) is 19.8 Å². The Balaban J connectivity index is 1.62. The predicted molar refractivity (Wildman–Crippen MR) is 115 cm³/mol. The standard InChI is InChI=1S/C23H21N5O/c1-14-16(5-4-10-29)12-24-13-18(14)15-8-9-19-17(11-15)22(28-27-19)23-25-20-6-2-3-7-21(20)26-23/h2-3,6-9,11-13,29H,4-5,10H2,1H3,(H,25,26)(H,27,28). The predicted octanol–water partition coefficient (Wildman–Crippen LogP) is 4.40. The van der Waals surface area contributed by atoms with Crippen molar-refractivity contribution in [2.75, 3.05) is 6.61 Å². The van der Waals surface area contributed by atoms with Crippen LogP contribution >= 0.6 is 0 Å². The van der Waals surface area contributed by atoms with Crippen molar-refractivity contribution in [2.24, 2.45) is 0 Å². The summed E-state index contributed by atoms with van der Waals surface area (Å²) in [5, 5.41) is 17.8. The van der Waals surface area contributed by atoms with Crippen molar-refractivity contribution in [1.29, 1.82) is 0 Å². The number of aromatic amines is 2. The van der Waals surface area contributed by atoms with Gasteiger partial charge in [-0.2, -0.15) is 5.10 Å². The molecule has 0 amide bonds. The highest BCUT2D eigenvalue weighted by atomic mass is 16.2. The van der Waals surface area contributed by atoms with Crippen molar-refractivity contribution < 1.29 is 5.11 Å². The van der Waals surface area contributed by atoms with Gasteiger partial charge >= 0.3 is 0 Å². The van der Waals surface area contributed by atoms with Crippen molar-refractivity contribution in [3.8, 4) is 22.6 Å². The highest BCUT2D eigenvalue weighted by Crippen LogP contribution is 2.32. The second kappa shape index (κ2) is 7.14. The Morgan fingerprint density at radius 3 is 2.79 bits per heavy atom. The molecule has 5 aromatic rings. The smallest absolute Gasteiger partial charge is 0.159 e. The van der Waals surface area contributed by atoms with Crippen molar-refractivity contribution in [3.63, 3.8) is 0 Å². The fourth-order valence-corrected chi connectivity index (χ4v) is 3.81. The highest BCUT2D eigenvalue weighted by Gasteiger charge is 2.14. The SMILES string of the molecule is Cc1c(CCCO)cncc1-c1ccc2[nH]nc(-c3nc4ccccc4[nH]3)c2c1. The van der Waals surface area contributed by atoms with E-state index in [2.05, 4.69) is 39.2 Å². The van der Waals surface area contributed by atoms with Crippen LogP contribution in [0.3, 0.4) is 0 Å². The normalized spacial score (nSPS) is 11.5. The molecule has 6 nitrogen and oxygen atoms in total. The number of aliphatic hydroxyl groups is 1. The number of imidazole rings is 1. The van der Waals surface area contributed by atoms with E-state index in [1.807, 2.05) is 42.7 Å². The summed E-state index contributed by atoms with van der Waals surface area (Å²) in [7, 11) is 0. The fraction of sp³-hybridized carbons (Fsp3) is 0.174. The topological polar surface area (TPSA) is 90.5 Å². The summed E-state index contributed by atoms with van der Waals surface area (Å²) in [5.41, 5.74) is 8.23. The van der Waals surface area contributed by atoms with E-state index in [9.17, 15) is 0 Å². The van der Waals surface area contributed by atoms with Gasteiger partial charge in [-0.1, -0.05) is 18.2 Å². The van der Waals surface area contributed by atoms with E-state index in [0.717, 1.165) is 57.4 Å². The minimum absolute atomic E-state index is 0.186. The average molecular weight is 383 g/mol. The summed E-state index contributed by atoms with van der Waals surface area (Å²) < 4.78 is 0. The van der Waals surface area contributed by atoms with E-state index in [1.54, 1.807) is 0 Å². The minimum Gasteiger partial charge on any atom is -0.396 e. The molecule has 2 aromatic carbocycles. The van der Waals surface area contributed by atoms with E-state index >= 15 is 0 Å². The number of aliphatic hydroxyl groups excluding tert-OH is 1. The van der Waals surface area contributed by atoms with Crippen LogP contribution in [0.1, 0.15) is 17.5 Å². The van der Waals surface area contributed by atoms with E-state index in [0.29, 0.717) is 0 Å². The quantitative estimate of drug-likeness (QED) is 0.419. The zero-order valence-electron chi connectivity index (χ0n) is 16.1. The Morgan fingerprint density at radius 1 is 1.03 bits per heavy atom. The molecule has 0 aliphatic heterocycles. The first-order valence-corrected chi connectivity index (χ1v) is 9.72. The monoisotopic (exact) mass is 383 g/mol. The number of nitrogens with one attached hydrogen (secondary N) is 2. The average Bonchev–Trinajstić information content (AvgIpc) is 3.36. The molecular weight excluding hydrogens is 362 g/mol. The lowest BCUT2D eigenvalue weighted by atomic mass is 9.96. The lowest BCUT2D eigenvalue weighted by Crippen LogP contribution is -1.96. The van der Waals surface area contributed by atoms with Crippen LogP contribution in [-0.4, -0.2) is 36.9 Å². The second-order valence-corrected chi connectivity index (χ2v) is 7.23. The molecule has 0 saturated carbocycles. The summed E-state index contributed by atoms with van der Waals surface area (Å²) in [5.74, 6) is 0.751. The number of rotatable bonds is 5. The maximum atomic E-state index is 9.15. The molecule has 0 fully saturated rings. The number of hydrogen-bond acceptors (Lipinski definition) is 4. The van der Waals surface area contributed by atoms with Crippen molar-refractivity contribution in [1.82, 2.24) is 25.1 Å². The molecular formula is C23H21N5O. The number of fused-ring (bicyclic) bond motifs is 2. The van der Waals surface area contributed by atoms with Crippen LogP contribution in [0.15, 0.2) is 54.9 Å². The molecule has 0 aliphatic carbocycles. The molecule has 0 bridgehead atoms. The van der Waals surface area contributed by atoms with Crippen LogP contribution in [0.25, 0.3) is 44.6 Å². The third-order valence-electron chi connectivity index (χ3n) is 5.41. The zero-order valence-corrected chi connectivity index (χ0v) is 16.1. The van der Waals surface area contributed by atoms with Crippen LogP contribution in [0, 0.1) is 6.92 Å². The third kappa shape index (κ3) is 3.07. The number of benzene rings is 2. The molecule has 0 atom stereocenters. The van der Waals surface area contributed by atoms with E-state index in [-0.39, 0.29) is 6.61 Å². The molecule has 0 unspecified atom stereocenters. The van der Waals surface area contributed by atoms with Crippen LogP contribution in [0.5, 0.6) is 0 Å². The van der Waals surface area contributed by atoms with Crippen LogP contribution in [0.2, 0.25) is 0 Å². The number of hydrogen-bond donors (Lipinski definition) is 3. The largest absolute Gasteiger partial charge is 0.396 e. The van der Waals surface area contributed by atoms with Crippen molar-refractivity contribution >= 4 is 21.9 Å². The molecule has 0 saturated heterocycles. The molecule has 0 radical (unpaired) electrons. The number of pyridine rings is 1. The fourth-order valence-electron chi connectivity index (χ4n) is 3.81. The lowest BCUT2D eigenvalue weighted by molar-refractivity contribution is 0.288.